The molecule has 1 aromatic rings. The number of rotatable bonds is 5. The lowest BCUT2D eigenvalue weighted by molar-refractivity contribution is -0.147. The van der Waals surface area contributed by atoms with Crippen molar-refractivity contribution in [3.05, 3.63) is 24.0 Å². The highest BCUT2D eigenvalue weighted by Crippen LogP contribution is 2.11. The van der Waals surface area contributed by atoms with Gasteiger partial charge in [0.25, 0.3) is 0 Å². The second-order valence-corrected chi connectivity index (χ2v) is 3.13. The number of methoxy groups -OCH3 is 1. The van der Waals surface area contributed by atoms with Crippen molar-refractivity contribution in [3.63, 3.8) is 0 Å². The number of carboxylic acids is 1. The molecule has 0 fully saturated rings. The summed E-state index contributed by atoms with van der Waals surface area (Å²) in [7, 11) is 1.37. The molecule has 0 saturated heterocycles. The van der Waals surface area contributed by atoms with E-state index in [9.17, 15) is 4.79 Å². The molecule has 0 bridgehead atoms. The smallest absolute Gasteiger partial charge is 0.334 e. The Bertz CT molecular complexity index is 341. The van der Waals surface area contributed by atoms with E-state index in [4.69, 9.17) is 9.84 Å². The van der Waals surface area contributed by atoms with Gasteiger partial charge in [-0.15, -0.1) is 0 Å². The van der Waals surface area contributed by atoms with Gasteiger partial charge >= 0.3 is 5.97 Å². The Kier molecular flexibility index (Phi) is 4.05. The zero-order valence-electron chi connectivity index (χ0n) is 8.73. The molecule has 0 aliphatic carbocycles. The minimum absolute atomic E-state index is 0.233. The molecular formula is C10H14N2O3. The van der Waals surface area contributed by atoms with E-state index in [0.717, 1.165) is 11.3 Å². The molecule has 1 rings (SSSR count). The summed E-state index contributed by atoms with van der Waals surface area (Å²) < 4.78 is 4.80. The fourth-order valence-electron chi connectivity index (χ4n) is 1.15. The number of hydrogen-bond donors (Lipinski definition) is 2. The van der Waals surface area contributed by atoms with Crippen LogP contribution >= 0.6 is 0 Å². The molecule has 0 spiro atoms. The van der Waals surface area contributed by atoms with Gasteiger partial charge in [0, 0.05) is 25.2 Å². The van der Waals surface area contributed by atoms with Crippen LogP contribution in [0, 0.1) is 6.92 Å². The van der Waals surface area contributed by atoms with Crippen LogP contribution in [0.15, 0.2) is 18.5 Å². The van der Waals surface area contributed by atoms with Crippen molar-refractivity contribution in [3.8, 4) is 0 Å². The Morgan fingerprint density at radius 3 is 3.00 bits per heavy atom. The van der Waals surface area contributed by atoms with E-state index in [1.165, 1.54) is 7.11 Å². The number of carbonyl (C=O) groups is 1. The molecule has 5 nitrogen and oxygen atoms in total. The number of aromatic nitrogens is 1. The fraction of sp³-hybridized carbons (Fsp3) is 0.400. The van der Waals surface area contributed by atoms with Crippen LogP contribution in [0.25, 0.3) is 0 Å². The Labute approximate surface area is 88.1 Å². The summed E-state index contributed by atoms with van der Waals surface area (Å²) in [5, 5.41) is 11.7. The van der Waals surface area contributed by atoms with Crippen molar-refractivity contribution in [1.29, 1.82) is 0 Å². The number of pyridine rings is 1. The highest BCUT2D eigenvalue weighted by Gasteiger charge is 2.15. The Hall–Kier alpha value is -1.62. The van der Waals surface area contributed by atoms with E-state index in [2.05, 4.69) is 10.3 Å². The third-order valence-electron chi connectivity index (χ3n) is 2.06. The second kappa shape index (κ2) is 5.31. The maximum absolute atomic E-state index is 10.7. The van der Waals surface area contributed by atoms with E-state index >= 15 is 0 Å². The van der Waals surface area contributed by atoms with Crippen molar-refractivity contribution in [1.82, 2.24) is 4.98 Å². The van der Waals surface area contributed by atoms with Crippen molar-refractivity contribution in [2.24, 2.45) is 0 Å². The first-order chi connectivity index (χ1) is 7.15. The number of ether oxygens (including phenoxy) is 1. The van der Waals surface area contributed by atoms with E-state index in [0.29, 0.717) is 0 Å². The lowest BCUT2D eigenvalue weighted by Gasteiger charge is -2.13. The molecule has 1 aromatic heterocycles. The van der Waals surface area contributed by atoms with Crippen LogP contribution in [0.3, 0.4) is 0 Å². The molecular weight excluding hydrogens is 196 g/mol. The molecule has 0 amide bonds. The summed E-state index contributed by atoms with van der Waals surface area (Å²) >= 11 is 0. The van der Waals surface area contributed by atoms with Gasteiger partial charge in [0.1, 0.15) is 0 Å². The molecule has 1 unspecified atom stereocenters. The van der Waals surface area contributed by atoms with Gasteiger partial charge in [-0.3, -0.25) is 4.98 Å². The summed E-state index contributed by atoms with van der Waals surface area (Å²) in [6.07, 6.45) is 2.53. The van der Waals surface area contributed by atoms with Gasteiger partial charge in [-0.05, 0) is 18.6 Å². The minimum Gasteiger partial charge on any atom is -0.479 e. The van der Waals surface area contributed by atoms with Crippen molar-refractivity contribution in [2.75, 3.05) is 19.0 Å². The number of hydrogen-bond acceptors (Lipinski definition) is 4. The molecule has 0 aliphatic heterocycles. The Balaban J connectivity index is 2.56. The van der Waals surface area contributed by atoms with Crippen molar-refractivity contribution in [2.45, 2.75) is 13.0 Å². The molecule has 0 saturated carbocycles. The van der Waals surface area contributed by atoms with Gasteiger partial charge in [-0.2, -0.15) is 0 Å². The second-order valence-electron chi connectivity index (χ2n) is 3.13. The van der Waals surface area contributed by atoms with Gasteiger partial charge in [-0.1, -0.05) is 0 Å². The molecule has 0 aromatic carbocycles. The van der Waals surface area contributed by atoms with Gasteiger partial charge in [-0.25, -0.2) is 4.79 Å². The van der Waals surface area contributed by atoms with Crippen molar-refractivity contribution < 1.29 is 14.6 Å². The summed E-state index contributed by atoms with van der Waals surface area (Å²) in [5.41, 5.74) is 1.84. The van der Waals surface area contributed by atoms with Crippen LogP contribution in [0.1, 0.15) is 5.56 Å². The van der Waals surface area contributed by atoms with E-state index in [1.807, 2.05) is 6.92 Å². The van der Waals surface area contributed by atoms with E-state index in [1.54, 1.807) is 18.5 Å². The standard InChI is InChI=1S/C10H14N2O3/c1-7-5-11-4-3-8(7)12-6-9(15-2)10(13)14/h3-5,9H,6H2,1-2H3,(H,11,12)(H,13,14). The lowest BCUT2D eigenvalue weighted by atomic mass is 10.2. The molecule has 0 radical (unpaired) electrons. The Morgan fingerprint density at radius 2 is 2.47 bits per heavy atom. The summed E-state index contributed by atoms with van der Waals surface area (Å²) in [6.45, 7) is 2.13. The maximum atomic E-state index is 10.7. The van der Waals surface area contributed by atoms with Crippen molar-refractivity contribution >= 4 is 11.7 Å². The van der Waals surface area contributed by atoms with Gasteiger partial charge in [0.2, 0.25) is 0 Å². The maximum Gasteiger partial charge on any atom is 0.334 e. The summed E-state index contributed by atoms with van der Waals surface area (Å²) in [4.78, 5) is 14.6. The largest absolute Gasteiger partial charge is 0.479 e. The summed E-state index contributed by atoms with van der Waals surface area (Å²) in [6, 6.07) is 1.80. The monoisotopic (exact) mass is 210 g/mol. The first-order valence-electron chi connectivity index (χ1n) is 4.55. The van der Waals surface area contributed by atoms with E-state index in [-0.39, 0.29) is 6.54 Å². The minimum atomic E-state index is -0.975. The topological polar surface area (TPSA) is 71.5 Å². The van der Waals surface area contributed by atoms with E-state index < -0.39 is 12.1 Å². The summed E-state index contributed by atoms with van der Waals surface area (Å²) in [5.74, 6) is -0.975. The fourth-order valence-corrected chi connectivity index (χ4v) is 1.15. The predicted molar refractivity (Wildman–Crippen MR) is 55.9 cm³/mol. The zero-order valence-corrected chi connectivity index (χ0v) is 8.73. The van der Waals surface area contributed by atoms with Gasteiger partial charge in [0.15, 0.2) is 6.10 Å². The number of anilines is 1. The molecule has 82 valence electrons. The zero-order chi connectivity index (χ0) is 11.3. The van der Waals surface area contributed by atoms with Crippen LogP contribution in [0.4, 0.5) is 5.69 Å². The molecule has 0 aliphatic rings. The number of aliphatic carboxylic acids is 1. The van der Waals surface area contributed by atoms with Gasteiger partial charge in [0.05, 0.1) is 6.54 Å². The third kappa shape index (κ3) is 3.21. The predicted octanol–water partition coefficient (Wildman–Crippen LogP) is 0.902. The Morgan fingerprint density at radius 1 is 1.73 bits per heavy atom. The van der Waals surface area contributed by atoms with Crippen LogP contribution in [-0.4, -0.2) is 35.8 Å². The van der Waals surface area contributed by atoms with Crippen LogP contribution in [0.5, 0.6) is 0 Å². The highest BCUT2D eigenvalue weighted by atomic mass is 16.5. The number of carboxylic acid groups (broad SMARTS) is 1. The molecule has 1 heterocycles. The number of aryl methyl sites for hydroxylation is 1. The van der Waals surface area contributed by atoms with Crippen LogP contribution in [0.2, 0.25) is 0 Å². The molecule has 1 atom stereocenters. The average molecular weight is 210 g/mol. The first-order valence-corrected chi connectivity index (χ1v) is 4.55. The highest BCUT2D eigenvalue weighted by molar-refractivity contribution is 5.73. The van der Waals surface area contributed by atoms with Gasteiger partial charge < -0.3 is 15.2 Å². The number of nitrogens with zero attached hydrogens (tertiary/aromatic N) is 1. The average Bonchev–Trinajstić information content (AvgIpc) is 2.21. The lowest BCUT2D eigenvalue weighted by Crippen LogP contribution is -2.30. The van der Waals surface area contributed by atoms with Crippen LogP contribution < -0.4 is 5.32 Å². The quantitative estimate of drug-likeness (QED) is 0.755. The normalized spacial score (nSPS) is 12.1. The van der Waals surface area contributed by atoms with Crippen LogP contribution in [-0.2, 0) is 9.53 Å². The number of nitrogens with one attached hydrogen (secondary N) is 1. The molecule has 5 heteroatoms. The molecule has 2 N–H and O–H groups in total. The third-order valence-corrected chi connectivity index (χ3v) is 2.06. The molecule has 15 heavy (non-hydrogen) atoms. The SMILES string of the molecule is COC(CNc1ccncc1C)C(=O)O. The first kappa shape index (κ1) is 11.5.